The predicted octanol–water partition coefficient (Wildman–Crippen LogP) is 2.79. The lowest BCUT2D eigenvalue weighted by molar-refractivity contribution is 0.324. The highest BCUT2D eigenvalue weighted by Gasteiger charge is 2.14. The fourth-order valence-corrected chi connectivity index (χ4v) is 2.04. The lowest BCUT2D eigenvalue weighted by atomic mass is 10.1. The summed E-state index contributed by atoms with van der Waals surface area (Å²) in [6.45, 7) is 0. The molecule has 1 aliphatic rings. The molecule has 1 heterocycles. The molecule has 1 aromatic carbocycles. The van der Waals surface area contributed by atoms with Crippen molar-refractivity contribution < 1.29 is 14.2 Å². The molecular weight excluding hydrogens is 278 g/mol. The molecule has 1 aromatic rings. The molecule has 0 atom stereocenters. The molecule has 0 saturated heterocycles. The Morgan fingerprint density at radius 1 is 0.950 bits per heavy atom. The molecule has 0 fully saturated rings. The molecule has 0 amide bonds. The standard InChI is InChI=1S/C13H15N3O3S/c1-17-9-6-8(7-10(18-2)12(9)19-3)4-5-11-14-13(20)16-15-11/h6-7H,4-5H2,1-3H3. The van der Waals surface area contributed by atoms with Gasteiger partial charge in [0, 0.05) is 6.42 Å². The highest BCUT2D eigenvalue weighted by molar-refractivity contribution is 7.80. The summed E-state index contributed by atoms with van der Waals surface area (Å²) < 4.78 is 15.9. The number of hydrogen-bond donors (Lipinski definition) is 0. The number of benzene rings is 1. The number of hydrogen-bond acceptors (Lipinski definition) is 5. The van der Waals surface area contributed by atoms with Crippen molar-refractivity contribution in [2.75, 3.05) is 21.3 Å². The lowest BCUT2D eigenvalue weighted by Crippen LogP contribution is -1.99. The Labute approximate surface area is 122 Å². The van der Waals surface area contributed by atoms with Crippen LogP contribution in [0.2, 0.25) is 0 Å². The third-order valence-corrected chi connectivity index (χ3v) is 3.01. The van der Waals surface area contributed by atoms with Crippen LogP contribution in [0.3, 0.4) is 0 Å². The Morgan fingerprint density at radius 3 is 2.05 bits per heavy atom. The van der Waals surface area contributed by atoms with Crippen molar-refractivity contribution in [3.05, 3.63) is 17.7 Å². The lowest BCUT2D eigenvalue weighted by Gasteiger charge is -2.13. The quantitative estimate of drug-likeness (QED) is 0.756. The molecule has 2 rings (SSSR count). The van der Waals surface area contributed by atoms with Crippen LogP contribution in [-0.2, 0) is 6.42 Å². The minimum atomic E-state index is 0.282. The number of thiocarbonyl (C=S) groups is 1. The summed E-state index contributed by atoms with van der Waals surface area (Å²) in [5.74, 6) is 2.49. The molecular formula is C13H15N3O3S. The first-order chi connectivity index (χ1) is 9.67. The van der Waals surface area contributed by atoms with Gasteiger partial charge in [-0.25, -0.2) is 0 Å². The number of azo groups is 1. The highest BCUT2D eigenvalue weighted by Crippen LogP contribution is 2.38. The van der Waals surface area contributed by atoms with Crippen LogP contribution in [0.5, 0.6) is 17.2 Å². The number of amidine groups is 1. The van der Waals surface area contributed by atoms with Crippen molar-refractivity contribution in [1.29, 1.82) is 0 Å². The number of methoxy groups -OCH3 is 3. The van der Waals surface area contributed by atoms with E-state index in [1.165, 1.54) is 0 Å². The Bertz CT molecular complexity index is 559. The van der Waals surface area contributed by atoms with Crippen molar-refractivity contribution in [3.63, 3.8) is 0 Å². The van der Waals surface area contributed by atoms with Crippen LogP contribution in [-0.4, -0.2) is 32.3 Å². The Hall–Kier alpha value is -2.02. The van der Waals surface area contributed by atoms with E-state index >= 15 is 0 Å². The third kappa shape index (κ3) is 3.11. The first-order valence-electron chi connectivity index (χ1n) is 6.00. The molecule has 0 N–H and O–H groups in total. The summed E-state index contributed by atoms with van der Waals surface area (Å²) in [6, 6.07) is 3.82. The summed E-state index contributed by atoms with van der Waals surface area (Å²) in [6.07, 6.45) is 1.39. The van der Waals surface area contributed by atoms with Gasteiger partial charge >= 0.3 is 0 Å². The number of aryl methyl sites for hydroxylation is 1. The summed E-state index contributed by atoms with van der Waals surface area (Å²) in [5, 5.41) is 7.89. The van der Waals surface area contributed by atoms with E-state index in [9.17, 15) is 0 Å². The second-order valence-electron chi connectivity index (χ2n) is 4.04. The van der Waals surface area contributed by atoms with Crippen LogP contribution >= 0.6 is 12.2 Å². The third-order valence-electron chi connectivity index (χ3n) is 2.84. The Balaban J connectivity index is 2.18. The molecule has 0 spiro atoms. The molecule has 0 aliphatic carbocycles. The van der Waals surface area contributed by atoms with Gasteiger partial charge < -0.3 is 14.2 Å². The van der Waals surface area contributed by atoms with Crippen molar-refractivity contribution >= 4 is 23.2 Å². The first-order valence-corrected chi connectivity index (χ1v) is 6.41. The van der Waals surface area contributed by atoms with Crippen LogP contribution in [0.1, 0.15) is 12.0 Å². The number of aliphatic imine (C=N–C) groups is 1. The maximum absolute atomic E-state index is 5.31. The summed E-state index contributed by atoms with van der Waals surface area (Å²) >= 11 is 4.83. The van der Waals surface area contributed by atoms with Crippen LogP contribution in [0.25, 0.3) is 0 Å². The van der Waals surface area contributed by atoms with Crippen molar-refractivity contribution in [3.8, 4) is 17.2 Å². The van der Waals surface area contributed by atoms with Crippen molar-refractivity contribution in [2.45, 2.75) is 12.8 Å². The second-order valence-corrected chi connectivity index (χ2v) is 4.41. The summed E-state index contributed by atoms with van der Waals surface area (Å²) in [4.78, 5) is 4.05. The van der Waals surface area contributed by atoms with E-state index in [4.69, 9.17) is 26.4 Å². The molecule has 0 unspecified atom stereocenters. The predicted molar refractivity (Wildman–Crippen MR) is 79.3 cm³/mol. The number of rotatable bonds is 6. The molecule has 0 radical (unpaired) electrons. The average Bonchev–Trinajstić information content (AvgIpc) is 2.89. The zero-order chi connectivity index (χ0) is 14.5. The minimum Gasteiger partial charge on any atom is -0.493 e. The van der Waals surface area contributed by atoms with Crippen molar-refractivity contribution in [2.24, 2.45) is 15.2 Å². The van der Waals surface area contributed by atoms with Crippen LogP contribution < -0.4 is 14.2 Å². The van der Waals surface area contributed by atoms with Gasteiger partial charge in [0.05, 0.1) is 21.3 Å². The monoisotopic (exact) mass is 293 g/mol. The van der Waals surface area contributed by atoms with E-state index in [0.717, 1.165) is 12.0 Å². The van der Waals surface area contributed by atoms with E-state index in [1.807, 2.05) is 12.1 Å². The molecule has 1 aliphatic heterocycles. The molecule has 0 aromatic heterocycles. The highest BCUT2D eigenvalue weighted by atomic mass is 32.1. The van der Waals surface area contributed by atoms with Gasteiger partial charge in [-0.1, -0.05) is 0 Å². The topological polar surface area (TPSA) is 64.8 Å². The van der Waals surface area contributed by atoms with Crippen LogP contribution in [0.4, 0.5) is 0 Å². The Kier molecular flexibility index (Phi) is 4.62. The average molecular weight is 293 g/mol. The van der Waals surface area contributed by atoms with Gasteiger partial charge in [0.15, 0.2) is 17.3 Å². The first kappa shape index (κ1) is 14.4. The van der Waals surface area contributed by atoms with E-state index in [0.29, 0.717) is 29.5 Å². The van der Waals surface area contributed by atoms with Gasteiger partial charge in [-0.3, -0.25) is 0 Å². The van der Waals surface area contributed by atoms with E-state index in [-0.39, 0.29) is 5.11 Å². The maximum Gasteiger partial charge on any atom is 0.241 e. The van der Waals surface area contributed by atoms with E-state index < -0.39 is 0 Å². The van der Waals surface area contributed by atoms with Crippen LogP contribution in [0.15, 0.2) is 27.4 Å². The molecule has 0 bridgehead atoms. The maximum atomic E-state index is 5.31. The fraction of sp³-hybridized carbons (Fsp3) is 0.385. The van der Waals surface area contributed by atoms with Gasteiger partial charge in [0.2, 0.25) is 10.9 Å². The smallest absolute Gasteiger partial charge is 0.241 e. The van der Waals surface area contributed by atoms with Crippen LogP contribution in [0, 0.1) is 0 Å². The van der Waals surface area contributed by atoms with Gasteiger partial charge in [-0.05, 0) is 36.3 Å². The number of nitrogens with zero attached hydrogens (tertiary/aromatic N) is 3. The Morgan fingerprint density at radius 2 is 1.60 bits per heavy atom. The molecule has 106 valence electrons. The molecule has 6 nitrogen and oxygen atoms in total. The summed E-state index contributed by atoms with van der Waals surface area (Å²) in [7, 11) is 4.76. The van der Waals surface area contributed by atoms with E-state index in [2.05, 4.69) is 15.2 Å². The SMILES string of the molecule is COc1cc(CCC2=NC(=S)N=N2)cc(OC)c1OC. The van der Waals surface area contributed by atoms with Gasteiger partial charge in [-0.15, -0.1) is 10.2 Å². The molecule has 7 heteroatoms. The minimum absolute atomic E-state index is 0.282. The van der Waals surface area contributed by atoms with Gasteiger partial charge in [-0.2, -0.15) is 4.99 Å². The fourth-order valence-electron chi connectivity index (χ4n) is 1.90. The van der Waals surface area contributed by atoms with Gasteiger partial charge in [0.1, 0.15) is 0 Å². The second kappa shape index (κ2) is 6.42. The van der Waals surface area contributed by atoms with Gasteiger partial charge in [0.25, 0.3) is 0 Å². The van der Waals surface area contributed by atoms with E-state index in [1.54, 1.807) is 21.3 Å². The molecule has 20 heavy (non-hydrogen) atoms. The zero-order valence-corrected chi connectivity index (χ0v) is 12.4. The zero-order valence-electron chi connectivity index (χ0n) is 11.5. The normalized spacial score (nSPS) is 13.3. The van der Waals surface area contributed by atoms with Crippen molar-refractivity contribution in [1.82, 2.24) is 0 Å². The number of ether oxygens (including phenoxy) is 3. The summed E-state index contributed by atoms with van der Waals surface area (Å²) in [5.41, 5.74) is 1.04. The molecule has 0 saturated carbocycles. The largest absolute Gasteiger partial charge is 0.493 e.